The van der Waals surface area contributed by atoms with Crippen molar-refractivity contribution in [2.24, 2.45) is 0 Å². The summed E-state index contributed by atoms with van der Waals surface area (Å²) in [4.78, 5) is 23.9. The molecule has 2 rings (SSSR count). The standard InChI is InChI=1S/C22H26N2O4/c1-16(17-10-12-19(25)13-11-17)22(28)23-14-6-2-3-9-21(27)24-15-18-7-4-5-8-20(18)26/h4-5,7-8,10-13,25-26H,1-3,6,9,14-15H2,(H,23,28)(H,24,27). The summed E-state index contributed by atoms with van der Waals surface area (Å²) in [5.74, 6) is 0.00750. The summed E-state index contributed by atoms with van der Waals surface area (Å²) < 4.78 is 0. The number of carbonyl (C=O) groups excluding carboxylic acids is 2. The highest BCUT2D eigenvalue weighted by Crippen LogP contribution is 2.17. The van der Waals surface area contributed by atoms with Crippen LogP contribution in [0.3, 0.4) is 0 Å². The van der Waals surface area contributed by atoms with Crippen LogP contribution in [0.4, 0.5) is 0 Å². The summed E-state index contributed by atoms with van der Waals surface area (Å²) in [5.41, 5.74) is 1.70. The lowest BCUT2D eigenvalue weighted by molar-refractivity contribution is -0.121. The first-order valence-corrected chi connectivity index (χ1v) is 9.27. The van der Waals surface area contributed by atoms with Crippen molar-refractivity contribution >= 4 is 17.4 Å². The number of carbonyl (C=O) groups is 2. The zero-order chi connectivity index (χ0) is 20.4. The Balaban J connectivity index is 1.57. The average Bonchev–Trinajstić information content (AvgIpc) is 2.69. The molecular formula is C22H26N2O4. The highest BCUT2D eigenvalue weighted by molar-refractivity contribution is 6.18. The van der Waals surface area contributed by atoms with Crippen LogP contribution in [-0.2, 0) is 16.1 Å². The maximum absolute atomic E-state index is 12.1. The van der Waals surface area contributed by atoms with Gasteiger partial charge in [-0.1, -0.05) is 43.3 Å². The quantitative estimate of drug-likeness (QED) is 0.375. The minimum Gasteiger partial charge on any atom is -0.508 e. The molecule has 0 bridgehead atoms. The maximum atomic E-state index is 12.1. The Kier molecular flexibility index (Phi) is 8.09. The highest BCUT2D eigenvalue weighted by atomic mass is 16.3. The number of phenols is 2. The molecule has 28 heavy (non-hydrogen) atoms. The van der Waals surface area contributed by atoms with E-state index in [0.717, 1.165) is 19.3 Å². The summed E-state index contributed by atoms with van der Waals surface area (Å²) >= 11 is 0. The molecule has 0 aliphatic carbocycles. The van der Waals surface area contributed by atoms with E-state index in [0.29, 0.717) is 36.2 Å². The second kappa shape index (κ2) is 10.8. The van der Waals surface area contributed by atoms with E-state index in [2.05, 4.69) is 17.2 Å². The molecule has 0 unspecified atom stereocenters. The van der Waals surface area contributed by atoms with Gasteiger partial charge in [0.1, 0.15) is 11.5 Å². The van der Waals surface area contributed by atoms with E-state index in [1.54, 1.807) is 30.3 Å². The molecule has 0 spiro atoms. The predicted molar refractivity (Wildman–Crippen MR) is 109 cm³/mol. The number of nitrogens with one attached hydrogen (secondary N) is 2. The molecule has 2 amide bonds. The van der Waals surface area contributed by atoms with Gasteiger partial charge in [0, 0.05) is 30.6 Å². The number of para-hydroxylation sites is 1. The molecular weight excluding hydrogens is 356 g/mol. The molecule has 0 heterocycles. The summed E-state index contributed by atoms with van der Waals surface area (Å²) in [6.45, 7) is 4.60. The number of unbranched alkanes of at least 4 members (excludes halogenated alkanes) is 2. The predicted octanol–water partition coefficient (Wildman–Crippen LogP) is 3.10. The van der Waals surface area contributed by atoms with Gasteiger partial charge in [-0.2, -0.15) is 0 Å². The van der Waals surface area contributed by atoms with Gasteiger partial charge in [-0.15, -0.1) is 0 Å². The first-order chi connectivity index (χ1) is 13.5. The van der Waals surface area contributed by atoms with E-state index in [-0.39, 0.29) is 23.3 Å². The van der Waals surface area contributed by atoms with Crippen LogP contribution in [0, 0.1) is 0 Å². The lowest BCUT2D eigenvalue weighted by Crippen LogP contribution is -2.25. The third-order valence-electron chi connectivity index (χ3n) is 4.32. The van der Waals surface area contributed by atoms with Gasteiger partial charge in [-0.05, 0) is 36.6 Å². The molecule has 0 saturated heterocycles. The van der Waals surface area contributed by atoms with Crippen LogP contribution in [0.5, 0.6) is 11.5 Å². The van der Waals surface area contributed by atoms with Gasteiger partial charge < -0.3 is 20.8 Å². The first kappa shape index (κ1) is 21.0. The Morgan fingerprint density at radius 3 is 2.32 bits per heavy atom. The van der Waals surface area contributed by atoms with Crippen molar-refractivity contribution < 1.29 is 19.8 Å². The number of aromatic hydroxyl groups is 2. The topological polar surface area (TPSA) is 98.7 Å². The fraction of sp³-hybridized carbons (Fsp3) is 0.273. The van der Waals surface area contributed by atoms with Crippen molar-refractivity contribution in [3.05, 3.63) is 66.2 Å². The lowest BCUT2D eigenvalue weighted by Gasteiger charge is -2.09. The Bertz CT molecular complexity index is 816. The second-order valence-electron chi connectivity index (χ2n) is 6.50. The van der Waals surface area contributed by atoms with Gasteiger partial charge >= 0.3 is 0 Å². The Morgan fingerprint density at radius 2 is 1.61 bits per heavy atom. The number of hydrogen-bond acceptors (Lipinski definition) is 4. The summed E-state index contributed by atoms with van der Waals surface area (Å²) in [6.07, 6.45) is 2.71. The van der Waals surface area contributed by atoms with Crippen LogP contribution in [0.25, 0.3) is 5.57 Å². The van der Waals surface area contributed by atoms with E-state index in [9.17, 15) is 19.8 Å². The van der Waals surface area contributed by atoms with Crippen LogP contribution in [-0.4, -0.2) is 28.6 Å². The highest BCUT2D eigenvalue weighted by Gasteiger charge is 2.09. The third-order valence-corrected chi connectivity index (χ3v) is 4.32. The normalized spacial score (nSPS) is 10.3. The van der Waals surface area contributed by atoms with Crippen LogP contribution in [0.2, 0.25) is 0 Å². The minimum absolute atomic E-state index is 0.0620. The van der Waals surface area contributed by atoms with Crippen LogP contribution >= 0.6 is 0 Å². The molecule has 2 aromatic rings. The van der Waals surface area contributed by atoms with Gasteiger partial charge in [0.15, 0.2) is 0 Å². The molecule has 0 aliphatic rings. The molecule has 0 atom stereocenters. The fourth-order valence-corrected chi connectivity index (χ4v) is 2.63. The summed E-state index contributed by atoms with van der Waals surface area (Å²) in [6, 6.07) is 13.2. The number of phenolic OH excluding ortho intramolecular Hbond substituents is 2. The SMILES string of the molecule is C=C(C(=O)NCCCCCC(=O)NCc1ccccc1O)c1ccc(O)cc1. The van der Waals surface area contributed by atoms with E-state index >= 15 is 0 Å². The first-order valence-electron chi connectivity index (χ1n) is 9.27. The van der Waals surface area contributed by atoms with Crippen LogP contribution in [0.15, 0.2) is 55.1 Å². The van der Waals surface area contributed by atoms with Crippen molar-refractivity contribution in [2.75, 3.05) is 6.54 Å². The van der Waals surface area contributed by atoms with Gasteiger partial charge in [0.05, 0.1) is 0 Å². The van der Waals surface area contributed by atoms with Crippen molar-refractivity contribution in [1.29, 1.82) is 0 Å². The molecule has 0 saturated carbocycles. The Hall–Kier alpha value is -3.28. The molecule has 4 N–H and O–H groups in total. The van der Waals surface area contributed by atoms with Gasteiger partial charge in [0.2, 0.25) is 5.91 Å². The molecule has 6 heteroatoms. The molecule has 0 radical (unpaired) electrons. The van der Waals surface area contributed by atoms with Crippen LogP contribution < -0.4 is 10.6 Å². The summed E-state index contributed by atoms with van der Waals surface area (Å²) in [5, 5.41) is 24.5. The molecule has 6 nitrogen and oxygen atoms in total. The number of rotatable bonds is 10. The van der Waals surface area contributed by atoms with Crippen molar-refractivity contribution in [3.8, 4) is 11.5 Å². The Morgan fingerprint density at radius 1 is 0.893 bits per heavy atom. The lowest BCUT2D eigenvalue weighted by atomic mass is 10.1. The average molecular weight is 382 g/mol. The number of benzene rings is 2. The third kappa shape index (κ3) is 6.79. The molecule has 2 aromatic carbocycles. The van der Waals surface area contributed by atoms with Crippen molar-refractivity contribution in [1.82, 2.24) is 10.6 Å². The maximum Gasteiger partial charge on any atom is 0.251 e. The zero-order valence-corrected chi connectivity index (χ0v) is 15.8. The molecule has 0 aromatic heterocycles. The van der Waals surface area contributed by atoms with E-state index in [4.69, 9.17) is 0 Å². The van der Waals surface area contributed by atoms with Gasteiger partial charge in [0.25, 0.3) is 5.91 Å². The van der Waals surface area contributed by atoms with Crippen molar-refractivity contribution in [3.63, 3.8) is 0 Å². The molecule has 0 fully saturated rings. The van der Waals surface area contributed by atoms with Gasteiger partial charge in [-0.25, -0.2) is 0 Å². The number of hydrogen-bond donors (Lipinski definition) is 4. The molecule has 148 valence electrons. The van der Waals surface area contributed by atoms with Gasteiger partial charge in [-0.3, -0.25) is 9.59 Å². The number of amides is 2. The van der Waals surface area contributed by atoms with E-state index in [1.807, 2.05) is 6.07 Å². The summed E-state index contributed by atoms with van der Waals surface area (Å²) in [7, 11) is 0. The van der Waals surface area contributed by atoms with Crippen LogP contribution in [0.1, 0.15) is 36.8 Å². The smallest absolute Gasteiger partial charge is 0.251 e. The minimum atomic E-state index is -0.244. The fourth-order valence-electron chi connectivity index (χ4n) is 2.63. The van der Waals surface area contributed by atoms with E-state index in [1.165, 1.54) is 12.1 Å². The largest absolute Gasteiger partial charge is 0.508 e. The van der Waals surface area contributed by atoms with E-state index < -0.39 is 0 Å². The second-order valence-corrected chi connectivity index (χ2v) is 6.50. The molecule has 0 aliphatic heterocycles. The zero-order valence-electron chi connectivity index (χ0n) is 15.8. The monoisotopic (exact) mass is 382 g/mol. The van der Waals surface area contributed by atoms with Crippen molar-refractivity contribution in [2.45, 2.75) is 32.2 Å². The Labute approximate surface area is 164 Å².